The Morgan fingerprint density at radius 3 is 2.47 bits per heavy atom. The maximum Gasteiger partial charge on any atom is 0.189 e. The van der Waals surface area contributed by atoms with Gasteiger partial charge in [-0.1, -0.05) is 82.7 Å². The molecule has 8 rings (SSSR count). The van der Waals surface area contributed by atoms with E-state index in [0.717, 1.165) is 54.8 Å². The molecule has 3 aliphatic rings. The first-order valence-corrected chi connectivity index (χ1v) is 14.0. The third kappa shape index (κ3) is 2.45. The maximum absolute atomic E-state index is 15.2. The van der Waals surface area contributed by atoms with Gasteiger partial charge in [-0.2, -0.15) is 0 Å². The lowest BCUT2D eigenvalue weighted by molar-refractivity contribution is 0.0262. The highest BCUT2D eigenvalue weighted by Gasteiger charge is 2.73. The number of aryl methyl sites for hydroxylation is 1. The van der Waals surface area contributed by atoms with Crippen LogP contribution in [0.1, 0.15) is 49.9 Å². The highest BCUT2D eigenvalue weighted by Crippen LogP contribution is 2.67. The Morgan fingerprint density at radius 1 is 0.895 bits per heavy atom. The van der Waals surface area contributed by atoms with Gasteiger partial charge in [-0.25, -0.2) is 0 Å². The number of nitrogens with one attached hydrogen (secondary N) is 1. The Morgan fingerprint density at radius 2 is 1.66 bits per heavy atom. The van der Waals surface area contributed by atoms with Gasteiger partial charge in [-0.3, -0.25) is 14.5 Å². The van der Waals surface area contributed by atoms with Gasteiger partial charge in [0.2, 0.25) is 0 Å². The Kier molecular flexibility index (Phi) is 4.44. The minimum Gasteiger partial charge on any atom is -0.352 e. The lowest BCUT2D eigenvalue weighted by atomic mass is 9.53. The van der Waals surface area contributed by atoms with Gasteiger partial charge in [-0.05, 0) is 65.6 Å². The average Bonchev–Trinajstić information content (AvgIpc) is 3.53. The van der Waals surface area contributed by atoms with Crippen LogP contribution < -0.4 is 0 Å². The molecule has 4 nitrogen and oxygen atoms in total. The van der Waals surface area contributed by atoms with E-state index in [4.69, 9.17) is 0 Å². The summed E-state index contributed by atoms with van der Waals surface area (Å²) in [6.45, 7) is 0.624. The molecule has 0 bridgehead atoms. The molecule has 38 heavy (non-hydrogen) atoms. The molecule has 1 fully saturated rings. The molecular weight excluding hydrogens is 536 g/mol. The summed E-state index contributed by atoms with van der Waals surface area (Å²) >= 11 is 3.58. The van der Waals surface area contributed by atoms with E-state index in [9.17, 15) is 4.79 Å². The smallest absolute Gasteiger partial charge is 0.189 e. The summed E-state index contributed by atoms with van der Waals surface area (Å²) in [4.78, 5) is 35.7. The van der Waals surface area contributed by atoms with Crippen LogP contribution in [0.25, 0.3) is 21.7 Å². The highest BCUT2D eigenvalue weighted by molar-refractivity contribution is 9.10. The SMILES string of the molecule is CN1C[C@@H](c2ccc(Br)cc2)[C@@]2(CCc3c([nH]c4ccccc34)C2=O)[C@]12C(=O)c1cccc3cccc2c13. The van der Waals surface area contributed by atoms with E-state index >= 15 is 4.79 Å². The van der Waals surface area contributed by atoms with Crippen molar-refractivity contribution in [2.75, 3.05) is 13.6 Å². The van der Waals surface area contributed by atoms with Crippen LogP contribution in [0.4, 0.5) is 0 Å². The Bertz CT molecular complexity index is 1830. The number of hydrogen-bond donors (Lipinski definition) is 1. The van der Waals surface area contributed by atoms with Crippen molar-refractivity contribution in [3.8, 4) is 0 Å². The van der Waals surface area contributed by atoms with Crippen LogP contribution in [0.3, 0.4) is 0 Å². The first kappa shape index (κ1) is 22.4. The summed E-state index contributed by atoms with van der Waals surface area (Å²) in [5.74, 6) is -0.0223. The standard InChI is InChI=1S/C33H25BrN2O2/c1-36-18-26(19-12-14-21(34)15-13-19)32(17-16-23-22-8-2-3-11-27(22)35-29(23)31(32)38)33(36)25-10-5-7-20-6-4-9-24(28(20)25)30(33)37/h2-15,26,35H,16-18H2,1H3/t26-,32+,33-/m0/s1. The molecule has 2 heterocycles. The number of H-pyrrole nitrogens is 1. The van der Waals surface area contributed by atoms with Crippen molar-refractivity contribution in [3.63, 3.8) is 0 Å². The molecule has 3 atom stereocenters. The number of nitrogens with zero attached hydrogens (tertiary/aromatic N) is 1. The molecule has 1 N–H and O–H groups in total. The monoisotopic (exact) mass is 560 g/mol. The minimum absolute atomic E-state index is 0.0549. The van der Waals surface area contributed by atoms with E-state index in [1.807, 2.05) is 55.6 Å². The molecular formula is C33H25BrN2O2. The molecule has 1 aromatic heterocycles. The van der Waals surface area contributed by atoms with Crippen LogP contribution in [-0.4, -0.2) is 35.0 Å². The van der Waals surface area contributed by atoms with Crippen molar-refractivity contribution in [2.45, 2.75) is 24.3 Å². The molecule has 0 amide bonds. The van der Waals surface area contributed by atoms with Crippen LogP contribution in [-0.2, 0) is 12.0 Å². The number of likely N-dealkylation sites (N-methyl/N-ethyl adjacent to an activating group) is 1. The van der Waals surface area contributed by atoms with E-state index in [-0.39, 0.29) is 17.5 Å². The number of likely N-dealkylation sites (tertiary alicyclic amines) is 1. The van der Waals surface area contributed by atoms with Gasteiger partial charge < -0.3 is 4.98 Å². The van der Waals surface area contributed by atoms with Crippen molar-refractivity contribution in [1.82, 2.24) is 9.88 Å². The summed E-state index contributed by atoms with van der Waals surface area (Å²) in [6, 6.07) is 28.6. The number of benzene rings is 4. The van der Waals surface area contributed by atoms with Crippen LogP contribution in [0.5, 0.6) is 0 Å². The third-order valence-electron chi connectivity index (χ3n) is 9.62. The molecule has 5 aromatic rings. The number of rotatable bonds is 1. The van der Waals surface area contributed by atoms with Gasteiger partial charge in [-0.15, -0.1) is 0 Å². The van der Waals surface area contributed by atoms with Gasteiger partial charge >= 0.3 is 0 Å². The molecule has 5 heteroatoms. The lowest BCUT2D eigenvalue weighted by Gasteiger charge is -2.48. The number of carbonyl (C=O) groups excluding carboxylic acids is 2. The number of para-hydroxylation sites is 1. The number of aromatic amines is 1. The van der Waals surface area contributed by atoms with E-state index in [1.54, 1.807) is 0 Å². The second kappa shape index (κ2) is 7.52. The largest absolute Gasteiger partial charge is 0.352 e. The van der Waals surface area contributed by atoms with Gasteiger partial charge in [0.15, 0.2) is 11.6 Å². The van der Waals surface area contributed by atoms with Crippen LogP contribution in [0.2, 0.25) is 0 Å². The van der Waals surface area contributed by atoms with E-state index in [1.165, 1.54) is 0 Å². The van der Waals surface area contributed by atoms with Crippen LogP contribution in [0.15, 0.2) is 89.4 Å². The molecule has 1 saturated heterocycles. The predicted octanol–water partition coefficient (Wildman–Crippen LogP) is 7.02. The first-order chi connectivity index (χ1) is 18.5. The quantitative estimate of drug-likeness (QED) is 0.239. The number of fused-ring (bicyclic) bond motifs is 5. The number of Topliss-reactive ketones (excluding diaryl/α,β-unsaturated/α-hetero) is 2. The second-order valence-corrected chi connectivity index (χ2v) is 12.0. The van der Waals surface area contributed by atoms with Crippen molar-refractivity contribution >= 4 is 49.2 Å². The van der Waals surface area contributed by atoms with E-state index in [2.05, 4.69) is 62.2 Å². The number of carbonyl (C=O) groups is 2. The molecule has 0 unspecified atom stereocenters. The van der Waals surface area contributed by atoms with Gasteiger partial charge in [0.05, 0.1) is 11.1 Å². The summed E-state index contributed by atoms with van der Waals surface area (Å²) in [7, 11) is 2.04. The van der Waals surface area contributed by atoms with Crippen molar-refractivity contribution in [3.05, 3.63) is 117 Å². The fourth-order valence-electron chi connectivity index (χ4n) is 8.21. The summed E-state index contributed by atoms with van der Waals surface area (Å²) in [6.07, 6.45) is 1.36. The van der Waals surface area contributed by atoms with Crippen LogP contribution in [0, 0.1) is 5.41 Å². The predicted molar refractivity (Wildman–Crippen MR) is 153 cm³/mol. The zero-order valence-corrected chi connectivity index (χ0v) is 22.5. The Balaban J connectivity index is 1.46. The molecule has 2 aliphatic carbocycles. The Hall–Kier alpha value is -3.54. The number of aromatic nitrogens is 1. The fourth-order valence-corrected chi connectivity index (χ4v) is 8.47. The minimum atomic E-state index is -1.07. The highest BCUT2D eigenvalue weighted by atomic mass is 79.9. The van der Waals surface area contributed by atoms with Crippen LogP contribution >= 0.6 is 15.9 Å². The molecule has 4 aromatic carbocycles. The number of halogens is 1. The normalized spacial score (nSPS) is 26.3. The van der Waals surface area contributed by atoms with E-state index < -0.39 is 11.0 Å². The first-order valence-electron chi connectivity index (χ1n) is 13.2. The number of ketones is 2. The maximum atomic E-state index is 15.2. The summed E-state index contributed by atoms with van der Waals surface area (Å²) < 4.78 is 0.998. The second-order valence-electron chi connectivity index (χ2n) is 11.1. The van der Waals surface area contributed by atoms with Gasteiger partial charge in [0.1, 0.15) is 5.54 Å². The van der Waals surface area contributed by atoms with Gasteiger partial charge in [0.25, 0.3) is 0 Å². The molecule has 2 spiro atoms. The van der Waals surface area contributed by atoms with Gasteiger partial charge in [0, 0.05) is 33.4 Å². The van der Waals surface area contributed by atoms with Crippen molar-refractivity contribution < 1.29 is 9.59 Å². The zero-order chi connectivity index (χ0) is 25.8. The summed E-state index contributed by atoms with van der Waals surface area (Å²) in [5, 5.41) is 3.16. The molecule has 0 radical (unpaired) electrons. The zero-order valence-electron chi connectivity index (χ0n) is 20.9. The Labute approximate surface area is 228 Å². The molecule has 1 aliphatic heterocycles. The van der Waals surface area contributed by atoms with Crippen molar-refractivity contribution in [2.24, 2.45) is 5.41 Å². The molecule has 186 valence electrons. The summed E-state index contributed by atoms with van der Waals surface area (Å²) in [5.41, 5.74) is 3.52. The third-order valence-corrected chi connectivity index (χ3v) is 10.2. The lowest BCUT2D eigenvalue weighted by Crippen LogP contribution is -2.59. The van der Waals surface area contributed by atoms with E-state index in [0.29, 0.717) is 18.7 Å². The average molecular weight is 561 g/mol. The van der Waals surface area contributed by atoms with Crippen molar-refractivity contribution in [1.29, 1.82) is 0 Å². The topological polar surface area (TPSA) is 53.2 Å². The number of hydrogen-bond acceptors (Lipinski definition) is 3. The molecule has 0 saturated carbocycles. The fraction of sp³-hybridized carbons (Fsp3) is 0.212.